The molecule has 2 atom stereocenters. The molecule has 0 bridgehead atoms. The van der Waals surface area contributed by atoms with Gasteiger partial charge < -0.3 is 5.32 Å². The van der Waals surface area contributed by atoms with Gasteiger partial charge in [0, 0.05) is 31.2 Å². The van der Waals surface area contributed by atoms with Crippen molar-refractivity contribution in [2.45, 2.75) is 25.4 Å². The van der Waals surface area contributed by atoms with E-state index in [9.17, 15) is 8.78 Å². The predicted octanol–water partition coefficient (Wildman–Crippen LogP) is 5.40. The third kappa shape index (κ3) is 4.55. The van der Waals surface area contributed by atoms with Gasteiger partial charge in [0.2, 0.25) is 0 Å². The molecule has 1 N–H and O–H groups in total. The van der Waals surface area contributed by atoms with Gasteiger partial charge in [-0.2, -0.15) is 0 Å². The molecule has 1 saturated heterocycles. The van der Waals surface area contributed by atoms with E-state index < -0.39 is 0 Å². The lowest BCUT2D eigenvalue weighted by Gasteiger charge is -2.20. The molecule has 0 spiro atoms. The largest absolute Gasteiger partial charge is 0.366 e. The minimum Gasteiger partial charge on any atom is -0.366 e. The number of nitrogens with one attached hydrogen (secondary N) is 1. The highest BCUT2D eigenvalue weighted by Crippen LogP contribution is 2.39. The van der Waals surface area contributed by atoms with E-state index in [4.69, 9.17) is 11.6 Å². The monoisotopic (exact) mass is 440 g/mol. The Hall–Kier alpha value is -2.57. The Labute approximate surface area is 185 Å². The number of fused-ring (bicyclic) bond motifs is 1. The van der Waals surface area contributed by atoms with Gasteiger partial charge in [-0.25, -0.2) is 8.78 Å². The molecule has 0 amide bonds. The molecule has 2 unspecified atom stereocenters. The molecule has 2 aromatic carbocycles. The van der Waals surface area contributed by atoms with E-state index in [1.165, 1.54) is 24.3 Å². The molecular weight excluding hydrogens is 418 g/mol. The fraction of sp³-hybridized carbons (Fsp3) is 0.333. The second-order valence-electron chi connectivity index (χ2n) is 8.58. The first-order chi connectivity index (χ1) is 15.0. The van der Waals surface area contributed by atoms with Crippen LogP contribution in [0.5, 0.6) is 0 Å². The van der Waals surface area contributed by atoms with Gasteiger partial charge in [0.15, 0.2) is 0 Å². The van der Waals surface area contributed by atoms with Gasteiger partial charge in [-0.05, 0) is 72.7 Å². The number of benzene rings is 2. The van der Waals surface area contributed by atoms with Crippen LogP contribution >= 0.6 is 11.6 Å². The number of rotatable bonds is 5. The zero-order chi connectivity index (χ0) is 21.4. The molecule has 1 aliphatic carbocycles. The van der Waals surface area contributed by atoms with Gasteiger partial charge in [0.25, 0.3) is 0 Å². The van der Waals surface area contributed by atoms with Gasteiger partial charge >= 0.3 is 0 Å². The molecule has 0 radical (unpaired) electrons. The van der Waals surface area contributed by atoms with Crippen LogP contribution in [0.4, 0.5) is 14.6 Å². The molecule has 7 heteroatoms. The molecule has 2 heterocycles. The van der Waals surface area contributed by atoms with Gasteiger partial charge in [-0.3, -0.25) is 4.90 Å². The van der Waals surface area contributed by atoms with Crippen molar-refractivity contribution in [3.8, 4) is 11.3 Å². The van der Waals surface area contributed by atoms with E-state index in [1.807, 2.05) is 18.2 Å². The zero-order valence-corrected chi connectivity index (χ0v) is 17.7. The Kier molecular flexibility index (Phi) is 5.59. The summed E-state index contributed by atoms with van der Waals surface area (Å²) in [5.41, 5.74) is 2.12. The van der Waals surface area contributed by atoms with Crippen molar-refractivity contribution in [1.82, 2.24) is 15.1 Å². The number of halogens is 3. The van der Waals surface area contributed by atoms with Crippen molar-refractivity contribution in [2.75, 3.05) is 18.4 Å². The average molecular weight is 441 g/mol. The van der Waals surface area contributed by atoms with Crippen LogP contribution in [0.3, 0.4) is 0 Å². The lowest BCUT2D eigenvalue weighted by Crippen LogP contribution is -2.25. The Balaban J connectivity index is 1.17. The molecule has 1 aliphatic heterocycles. The quantitative estimate of drug-likeness (QED) is 0.577. The Bertz CT molecular complexity index is 1060. The average Bonchev–Trinajstić information content (AvgIpc) is 3.28. The summed E-state index contributed by atoms with van der Waals surface area (Å²) in [5.74, 6) is 1.48. The van der Waals surface area contributed by atoms with Crippen LogP contribution in [0.15, 0.2) is 54.6 Å². The molecule has 1 aromatic heterocycles. The molecule has 3 aromatic rings. The van der Waals surface area contributed by atoms with Gasteiger partial charge in [0.05, 0.1) is 10.7 Å². The predicted molar refractivity (Wildman–Crippen MR) is 118 cm³/mol. The molecule has 1 saturated carbocycles. The molecule has 5 rings (SSSR count). The van der Waals surface area contributed by atoms with Crippen LogP contribution in [0.2, 0.25) is 5.02 Å². The standard InChI is InChI=1S/C24H23ClF2N4/c25-22-5-4-19(27)11-21(22)23-6-7-24(30-29-23)28-20-9-16-13-31(14-17(16)10-20)12-15-2-1-3-18(26)8-15/h1-8,11,16-17,20H,9-10,12-14H2,(H,28,30). The van der Waals surface area contributed by atoms with Crippen LogP contribution in [0.1, 0.15) is 18.4 Å². The van der Waals surface area contributed by atoms with Crippen LogP contribution in [-0.4, -0.2) is 34.2 Å². The normalized spacial score (nSPS) is 23.1. The number of hydrogen-bond donors (Lipinski definition) is 1. The first-order valence-electron chi connectivity index (χ1n) is 10.6. The van der Waals surface area contributed by atoms with Crippen LogP contribution in [0.25, 0.3) is 11.3 Å². The second kappa shape index (κ2) is 8.52. The van der Waals surface area contributed by atoms with Crippen LogP contribution < -0.4 is 5.32 Å². The van der Waals surface area contributed by atoms with E-state index in [-0.39, 0.29) is 11.6 Å². The maximum atomic E-state index is 13.5. The van der Waals surface area contributed by atoms with Crippen molar-refractivity contribution in [1.29, 1.82) is 0 Å². The summed E-state index contributed by atoms with van der Waals surface area (Å²) in [6.07, 6.45) is 2.17. The van der Waals surface area contributed by atoms with Crippen LogP contribution in [0, 0.1) is 23.5 Å². The minimum atomic E-state index is -0.354. The van der Waals surface area contributed by atoms with Gasteiger partial charge in [0.1, 0.15) is 17.5 Å². The summed E-state index contributed by atoms with van der Waals surface area (Å²) in [6.45, 7) is 2.89. The highest BCUT2D eigenvalue weighted by atomic mass is 35.5. The smallest absolute Gasteiger partial charge is 0.148 e. The van der Waals surface area contributed by atoms with E-state index in [2.05, 4.69) is 20.4 Å². The molecule has 2 aliphatic rings. The SMILES string of the molecule is Fc1cccc(CN2CC3CC(Nc4ccc(-c5cc(F)ccc5Cl)nn4)CC3C2)c1. The van der Waals surface area contributed by atoms with Crippen molar-refractivity contribution in [2.24, 2.45) is 11.8 Å². The third-order valence-electron chi connectivity index (χ3n) is 6.34. The van der Waals surface area contributed by atoms with E-state index >= 15 is 0 Å². The summed E-state index contributed by atoms with van der Waals surface area (Å²) in [7, 11) is 0. The molecular formula is C24H23ClF2N4. The van der Waals surface area contributed by atoms with Crippen molar-refractivity contribution >= 4 is 17.4 Å². The first-order valence-corrected chi connectivity index (χ1v) is 10.9. The number of aromatic nitrogens is 2. The lowest BCUT2D eigenvalue weighted by molar-refractivity contribution is 0.300. The van der Waals surface area contributed by atoms with Crippen molar-refractivity contribution < 1.29 is 8.78 Å². The maximum absolute atomic E-state index is 13.5. The molecule has 2 fully saturated rings. The Morgan fingerprint density at radius 3 is 2.42 bits per heavy atom. The second-order valence-corrected chi connectivity index (χ2v) is 8.99. The Morgan fingerprint density at radius 2 is 1.71 bits per heavy atom. The number of nitrogens with zero attached hydrogens (tertiary/aromatic N) is 3. The summed E-state index contributed by atoms with van der Waals surface area (Å²) < 4.78 is 27.0. The first kappa shape index (κ1) is 20.3. The highest BCUT2D eigenvalue weighted by molar-refractivity contribution is 6.33. The summed E-state index contributed by atoms with van der Waals surface area (Å²) in [4.78, 5) is 2.43. The third-order valence-corrected chi connectivity index (χ3v) is 6.67. The van der Waals surface area contributed by atoms with E-state index in [0.717, 1.165) is 43.9 Å². The topological polar surface area (TPSA) is 41.0 Å². The van der Waals surface area contributed by atoms with E-state index in [1.54, 1.807) is 12.1 Å². The summed E-state index contributed by atoms with van der Waals surface area (Å²) in [5, 5.41) is 12.4. The van der Waals surface area contributed by atoms with Crippen LogP contribution in [-0.2, 0) is 6.54 Å². The van der Waals surface area contributed by atoms with Crippen molar-refractivity contribution in [3.05, 3.63) is 76.8 Å². The summed E-state index contributed by atoms with van der Waals surface area (Å²) >= 11 is 6.16. The fourth-order valence-corrected chi connectivity index (χ4v) is 5.21. The van der Waals surface area contributed by atoms with Crippen molar-refractivity contribution in [3.63, 3.8) is 0 Å². The Morgan fingerprint density at radius 1 is 0.935 bits per heavy atom. The number of hydrogen-bond acceptors (Lipinski definition) is 4. The van der Waals surface area contributed by atoms with Gasteiger partial charge in [-0.15, -0.1) is 10.2 Å². The molecule has 4 nitrogen and oxygen atoms in total. The zero-order valence-electron chi connectivity index (χ0n) is 16.9. The summed E-state index contributed by atoms with van der Waals surface area (Å²) in [6, 6.07) is 15.1. The highest BCUT2D eigenvalue weighted by Gasteiger charge is 2.40. The maximum Gasteiger partial charge on any atom is 0.148 e. The lowest BCUT2D eigenvalue weighted by atomic mass is 10.0. The number of likely N-dealkylation sites (tertiary alicyclic amines) is 1. The molecule has 160 valence electrons. The van der Waals surface area contributed by atoms with Gasteiger partial charge in [-0.1, -0.05) is 23.7 Å². The van der Waals surface area contributed by atoms with E-state index in [0.29, 0.717) is 34.2 Å². The minimum absolute atomic E-state index is 0.173. The fourth-order valence-electron chi connectivity index (χ4n) is 4.99. The number of anilines is 1. The molecule has 31 heavy (non-hydrogen) atoms.